The third-order valence-electron chi connectivity index (χ3n) is 7.23. The molecule has 6 heteroatoms. The van der Waals surface area contributed by atoms with Gasteiger partial charge >= 0.3 is 5.97 Å². The minimum atomic E-state index is -0.938. The third kappa shape index (κ3) is 3.41. The van der Waals surface area contributed by atoms with Gasteiger partial charge in [0.1, 0.15) is 0 Å². The fourth-order valence-corrected chi connectivity index (χ4v) is 5.51. The second-order valence-corrected chi connectivity index (χ2v) is 9.30. The van der Waals surface area contributed by atoms with E-state index in [0.717, 1.165) is 12.0 Å². The van der Waals surface area contributed by atoms with Crippen molar-refractivity contribution in [1.29, 1.82) is 0 Å². The smallest absolute Gasteiger partial charge is 0.338 e. The molecule has 1 heterocycles. The maximum Gasteiger partial charge on any atom is 0.338 e. The van der Waals surface area contributed by atoms with E-state index in [1.54, 1.807) is 31.2 Å². The molecule has 2 aromatic rings. The lowest BCUT2D eigenvalue weighted by Gasteiger charge is -2.19. The average Bonchev–Trinajstić information content (AvgIpc) is 3.44. The van der Waals surface area contributed by atoms with Crippen molar-refractivity contribution < 1.29 is 23.9 Å². The summed E-state index contributed by atoms with van der Waals surface area (Å²) in [6.45, 7) is 5.50. The number of nitrogens with zero attached hydrogens (tertiary/aromatic N) is 1. The first kappa shape index (κ1) is 21.3. The maximum atomic E-state index is 13.1. The zero-order valence-corrected chi connectivity index (χ0v) is 18.8. The van der Waals surface area contributed by atoms with Crippen LogP contribution >= 0.6 is 0 Å². The SMILES string of the molecule is CC1=C[C@H]2C[C@H]1[C@@H]1C(=O)N(c3ccc(C(=O)O[C@H](C)C(=O)c4ccc(C)cc4)cc3)C(=O)[C@H]12. The molecule has 2 aromatic carbocycles. The van der Waals surface area contributed by atoms with E-state index >= 15 is 0 Å². The molecule has 0 radical (unpaired) electrons. The number of amides is 2. The molecule has 1 saturated carbocycles. The molecule has 2 aliphatic carbocycles. The molecule has 5 atom stereocenters. The lowest BCUT2D eigenvalue weighted by Crippen LogP contribution is -2.33. The predicted octanol–water partition coefficient (Wildman–Crippen LogP) is 4.12. The number of anilines is 1. The van der Waals surface area contributed by atoms with Gasteiger partial charge in [-0.3, -0.25) is 19.3 Å². The molecule has 2 amide bonds. The lowest BCUT2D eigenvalue weighted by molar-refractivity contribution is -0.123. The molecule has 2 fully saturated rings. The first-order valence-corrected chi connectivity index (χ1v) is 11.2. The van der Waals surface area contributed by atoms with E-state index in [9.17, 15) is 19.2 Å². The van der Waals surface area contributed by atoms with Crippen molar-refractivity contribution in [3.8, 4) is 0 Å². The van der Waals surface area contributed by atoms with Gasteiger partial charge in [-0.15, -0.1) is 0 Å². The Labute approximate surface area is 192 Å². The molecule has 3 aliphatic rings. The summed E-state index contributed by atoms with van der Waals surface area (Å²) >= 11 is 0. The van der Waals surface area contributed by atoms with Gasteiger partial charge in [0.2, 0.25) is 17.6 Å². The zero-order valence-electron chi connectivity index (χ0n) is 18.8. The van der Waals surface area contributed by atoms with E-state index < -0.39 is 12.1 Å². The lowest BCUT2D eigenvalue weighted by atomic mass is 9.82. The number of hydrogen-bond acceptors (Lipinski definition) is 5. The molecule has 168 valence electrons. The largest absolute Gasteiger partial charge is 0.451 e. The number of fused-ring (bicyclic) bond motifs is 5. The Morgan fingerprint density at radius 2 is 1.52 bits per heavy atom. The highest BCUT2D eigenvalue weighted by atomic mass is 16.5. The number of imide groups is 1. The second-order valence-electron chi connectivity index (χ2n) is 9.30. The highest BCUT2D eigenvalue weighted by Crippen LogP contribution is 2.55. The highest BCUT2D eigenvalue weighted by molar-refractivity contribution is 6.23. The van der Waals surface area contributed by atoms with Crippen LogP contribution in [-0.4, -0.2) is 29.7 Å². The number of ether oxygens (including phenoxy) is 1. The van der Waals surface area contributed by atoms with Crippen LogP contribution in [0.5, 0.6) is 0 Å². The van der Waals surface area contributed by atoms with Crippen molar-refractivity contribution in [2.45, 2.75) is 33.3 Å². The second kappa shape index (κ2) is 7.80. The molecular weight excluding hydrogens is 418 g/mol. The number of hydrogen-bond donors (Lipinski definition) is 0. The monoisotopic (exact) mass is 443 g/mol. The Hall–Kier alpha value is -3.54. The number of esters is 1. The van der Waals surface area contributed by atoms with Gasteiger partial charge < -0.3 is 4.74 Å². The quantitative estimate of drug-likeness (QED) is 0.301. The minimum absolute atomic E-state index is 0.142. The van der Waals surface area contributed by atoms with Crippen molar-refractivity contribution in [3.05, 3.63) is 76.9 Å². The molecule has 0 spiro atoms. The molecular formula is C27H25NO5. The highest BCUT2D eigenvalue weighted by Gasteiger charge is 2.60. The number of carbonyl (C=O) groups excluding carboxylic acids is 4. The molecule has 1 saturated heterocycles. The molecule has 33 heavy (non-hydrogen) atoms. The molecule has 1 aliphatic heterocycles. The zero-order chi connectivity index (χ0) is 23.4. The summed E-state index contributed by atoms with van der Waals surface area (Å²) in [5, 5.41) is 0. The number of allylic oxidation sites excluding steroid dienone is 2. The van der Waals surface area contributed by atoms with Crippen molar-refractivity contribution in [2.75, 3.05) is 4.90 Å². The van der Waals surface area contributed by atoms with Crippen molar-refractivity contribution in [1.82, 2.24) is 0 Å². The molecule has 2 bridgehead atoms. The fourth-order valence-electron chi connectivity index (χ4n) is 5.51. The normalized spacial score (nSPS) is 26.3. The summed E-state index contributed by atoms with van der Waals surface area (Å²) in [7, 11) is 0. The molecule has 0 unspecified atom stereocenters. The first-order chi connectivity index (χ1) is 15.8. The average molecular weight is 443 g/mol. The van der Waals surface area contributed by atoms with E-state index in [1.807, 2.05) is 26.0 Å². The standard InChI is InChI=1S/C27H25NO5/c1-14-4-6-17(7-5-14)24(29)16(3)33-27(32)18-8-10-20(11-9-18)28-25(30)22-19-12-15(2)21(13-19)23(22)26(28)31/h4-12,16,19,21-23H,13H2,1-3H3/t16-,19+,21-,22+,23+/m1/s1. The number of carbonyl (C=O) groups is 4. The van der Waals surface area contributed by atoms with Crippen LogP contribution in [0.3, 0.4) is 0 Å². The molecule has 0 N–H and O–H groups in total. The van der Waals surface area contributed by atoms with Gasteiger partial charge in [0.05, 0.1) is 23.1 Å². The topological polar surface area (TPSA) is 80.8 Å². The van der Waals surface area contributed by atoms with Crippen LogP contribution in [0.1, 0.15) is 46.5 Å². The van der Waals surface area contributed by atoms with Gasteiger partial charge in [0.25, 0.3) is 0 Å². The van der Waals surface area contributed by atoms with Crippen molar-refractivity contribution >= 4 is 29.3 Å². The van der Waals surface area contributed by atoms with Gasteiger partial charge in [-0.2, -0.15) is 0 Å². The molecule has 5 rings (SSSR count). The number of Topliss-reactive ketones (excluding diaryl/α,β-unsaturated/α-hetero) is 1. The fraction of sp³-hybridized carbons (Fsp3) is 0.333. The number of aryl methyl sites for hydroxylation is 1. The predicted molar refractivity (Wildman–Crippen MR) is 122 cm³/mol. The van der Waals surface area contributed by atoms with Crippen LogP contribution in [0, 0.1) is 30.6 Å². The Morgan fingerprint density at radius 1 is 0.909 bits per heavy atom. The summed E-state index contributed by atoms with van der Waals surface area (Å²) in [5.41, 5.74) is 3.42. The summed E-state index contributed by atoms with van der Waals surface area (Å²) < 4.78 is 5.36. The third-order valence-corrected chi connectivity index (χ3v) is 7.23. The number of rotatable bonds is 5. The van der Waals surface area contributed by atoms with Crippen LogP contribution < -0.4 is 4.90 Å². The molecule has 0 aromatic heterocycles. The minimum Gasteiger partial charge on any atom is -0.451 e. The maximum absolute atomic E-state index is 13.1. The van der Waals surface area contributed by atoms with E-state index in [-0.39, 0.29) is 46.8 Å². The van der Waals surface area contributed by atoms with Crippen molar-refractivity contribution in [2.24, 2.45) is 23.7 Å². The van der Waals surface area contributed by atoms with E-state index in [1.165, 1.54) is 22.6 Å². The van der Waals surface area contributed by atoms with E-state index in [4.69, 9.17) is 4.74 Å². The van der Waals surface area contributed by atoms with Gasteiger partial charge in [-0.05, 0) is 63.3 Å². The summed E-state index contributed by atoms with van der Waals surface area (Å²) in [5.74, 6) is -1.48. The van der Waals surface area contributed by atoms with E-state index in [2.05, 4.69) is 6.08 Å². The van der Waals surface area contributed by atoms with Crippen LogP contribution in [0.15, 0.2) is 60.2 Å². The van der Waals surface area contributed by atoms with Gasteiger partial charge in [-0.1, -0.05) is 41.5 Å². The van der Waals surface area contributed by atoms with Crippen LogP contribution in [0.4, 0.5) is 5.69 Å². The van der Waals surface area contributed by atoms with Crippen molar-refractivity contribution in [3.63, 3.8) is 0 Å². The Kier molecular flexibility index (Phi) is 5.04. The Bertz CT molecular complexity index is 1190. The Balaban J connectivity index is 1.28. The summed E-state index contributed by atoms with van der Waals surface area (Å²) in [6, 6.07) is 13.3. The van der Waals surface area contributed by atoms with Gasteiger partial charge in [0, 0.05) is 5.56 Å². The van der Waals surface area contributed by atoms with Gasteiger partial charge in [-0.25, -0.2) is 4.79 Å². The Morgan fingerprint density at radius 3 is 2.18 bits per heavy atom. The van der Waals surface area contributed by atoms with Crippen LogP contribution in [-0.2, 0) is 14.3 Å². The van der Waals surface area contributed by atoms with E-state index in [0.29, 0.717) is 11.3 Å². The van der Waals surface area contributed by atoms with Gasteiger partial charge in [0.15, 0.2) is 6.10 Å². The van der Waals surface area contributed by atoms with Crippen LogP contribution in [0.25, 0.3) is 0 Å². The van der Waals surface area contributed by atoms with Crippen LogP contribution in [0.2, 0.25) is 0 Å². The number of ketones is 1. The summed E-state index contributed by atoms with van der Waals surface area (Å²) in [6.07, 6.45) is 2.09. The summed E-state index contributed by atoms with van der Waals surface area (Å²) in [4.78, 5) is 52.5. The molecule has 6 nitrogen and oxygen atoms in total. The first-order valence-electron chi connectivity index (χ1n) is 11.2. The number of benzene rings is 2.